The van der Waals surface area contributed by atoms with E-state index in [1.54, 1.807) is 0 Å². The van der Waals surface area contributed by atoms with Crippen molar-refractivity contribution >= 4 is 53.9 Å². The highest BCUT2D eigenvalue weighted by molar-refractivity contribution is 9.10. The maximum absolute atomic E-state index is 13.3. The second kappa shape index (κ2) is 11.0. The van der Waals surface area contributed by atoms with E-state index in [-0.39, 0.29) is 4.47 Å². The number of rotatable bonds is 8. The zero-order chi connectivity index (χ0) is 30.1. The van der Waals surface area contributed by atoms with Gasteiger partial charge in [-0.25, -0.2) is 9.59 Å². The van der Waals surface area contributed by atoms with Gasteiger partial charge in [-0.3, -0.25) is 4.79 Å². The second-order valence-electron chi connectivity index (χ2n) is 6.78. The third-order valence-corrected chi connectivity index (χ3v) is 6.77. The fourth-order valence-electron chi connectivity index (χ4n) is 2.69. The van der Waals surface area contributed by atoms with Crippen molar-refractivity contribution < 1.29 is 75.4 Å². The van der Waals surface area contributed by atoms with E-state index in [4.69, 9.17) is 0 Å². The Morgan fingerprint density at radius 2 is 1.13 bits per heavy atom. The Bertz CT molecular complexity index is 1550. The summed E-state index contributed by atoms with van der Waals surface area (Å²) in [7, 11) is -11.4. The third kappa shape index (κ3) is 6.61. The van der Waals surface area contributed by atoms with Crippen molar-refractivity contribution in [2.45, 2.75) is 11.0 Å². The van der Waals surface area contributed by atoms with Crippen LogP contribution in [0.2, 0.25) is 0 Å². The fraction of sp³-hybridized carbons (Fsp3) is 0.211. The van der Waals surface area contributed by atoms with Gasteiger partial charge in [-0.05, 0) is 30.3 Å². The smallest absolute Gasteiger partial charge is 0.465 e. The maximum atomic E-state index is 13.3. The number of carbonyl (C=O) groups excluding carboxylic acids is 3. The van der Waals surface area contributed by atoms with Gasteiger partial charge < -0.3 is 17.8 Å². The summed E-state index contributed by atoms with van der Waals surface area (Å²) < 4.78 is 140. The van der Waals surface area contributed by atoms with Gasteiger partial charge in [-0.2, -0.15) is 43.2 Å². The standard InChI is InChI=1S/C19H11BrF6O11S2/c1-34-16(28)13-9(4-6-12(14(13)17(29)35-2)37-39(32,33)19(24,25)26)15(27)10-7-8(20)3-5-11(10)36-38(30,31)18(21,22)23/h3-7H,1-2H3. The van der Waals surface area contributed by atoms with Crippen LogP contribution in [0.1, 0.15) is 36.6 Å². The first-order valence-corrected chi connectivity index (χ1v) is 13.0. The van der Waals surface area contributed by atoms with Crippen molar-refractivity contribution in [3.63, 3.8) is 0 Å². The number of methoxy groups -OCH3 is 2. The lowest BCUT2D eigenvalue weighted by atomic mass is 9.93. The van der Waals surface area contributed by atoms with E-state index in [1.165, 1.54) is 0 Å². The number of esters is 2. The summed E-state index contributed by atoms with van der Waals surface area (Å²) in [5.41, 5.74) is -16.5. The van der Waals surface area contributed by atoms with Crippen molar-refractivity contribution in [1.29, 1.82) is 0 Å². The summed E-state index contributed by atoms with van der Waals surface area (Å²) in [6.07, 6.45) is 0. The molecule has 0 radical (unpaired) electrons. The molecule has 0 N–H and O–H groups in total. The molecule has 0 amide bonds. The minimum Gasteiger partial charge on any atom is -0.465 e. The Morgan fingerprint density at radius 3 is 1.59 bits per heavy atom. The molecule has 0 aliphatic rings. The van der Waals surface area contributed by atoms with Gasteiger partial charge in [-0.15, -0.1) is 0 Å². The summed E-state index contributed by atoms with van der Waals surface area (Å²) in [4.78, 5) is 38.3. The van der Waals surface area contributed by atoms with Gasteiger partial charge in [0.1, 0.15) is 5.56 Å². The van der Waals surface area contributed by atoms with Gasteiger partial charge in [0.25, 0.3) is 0 Å². The third-order valence-electron chi connectivity index (χ3n) is 4.34. The molecule has 39 heavy (non-hydrogen) atoms. The second-order valence-corrected chi connectivity index (χ2v) is 10.8. The van der Waals surface area contributed by atoms with Crippen LogP contribution in [0.3, 0.4) is 0 Å². The summed E-state index contributed by atoms with van der Waals surface area (Å²) in [5, 5.41) is 0. The minimum absolute atomic E-state index is 0.0355. The highest BCUT2D eigenvalue weighted by Crippen LogP contribution is 2.36. The number of ketones is 1. The molecular formula is C19H11BrF6O11S2. The Labute approximate surface area is 223 Å². The zero-order valence-electron chi connectivity index (χ0n) is 18.8. The average molecular weight is 673 g/mol. The molecule has 0 unspecified atom stereocenters. The molecule has 2 aromatic rings. The lowest BCUT2D eigenvalue weighted by Crippen LogP contribution is -2.29. The molecule has 0 saturated carbocycles. The van der Waals surface area contributed by atoms with E-state index in [1.807, 2.05) is 0 Å². The number of alkyl halides is 6. The Kier molecular flexibility index (Phi) is 8.98. The predicted octanol–water partition coefficient (Wildman–Crippen LogP) is 3.71. The first-order valence-electron chi connectivity index (χ1n) is 9.38. The van der Waals surface area contributed by atoms with Crippen molar-refractivity contribution in [1.82, 2.24) is 0 Å². The van der Waals surface area contributed by atoms with E-state index < -0.39 is 82.7 Å². The van der Waals surface area contributed by atoms with E-state index in [2.05, 4.69) is 33.8 Å². The molecular weight excluding hydrogens is 662 g/mol. The summed E-state index contributed by atoms with van der Waals surface area (Å²) in [6, 6.07) is 3.14. The van der Waals surface area contributed by atoms with Crippen LogP contribution >= 0.6 is 15.9 Å². The molecule has 214 valence electrons. The first-order chi connectivity index (χ1) is 17.7. The largest absolute Gasteiger partial charge is 0.534 e. The quantitative estimate of drug-likeness (QED) is 0.132. The highest BCUT2D eigenvalue weighted by Gasteiger charge is 2.50. The van der Waals surface area contributed by atoms with Crippen LogP contribution in [0, 0.1) is 0 Å². The molecule has 0 aliphatic carbocycles. The normalized spacial score (nSPS) is 12.4. The molecule has 0 heterocycles. The number of hydrogen-bond donors (Lipinski definition) is 0. The number of benzene rings is 2. The van der Waals surface area contributed by atoms with Crippen molar-refractivity contribution in [2.75, 3.05) is 14.2 Å². The molecule has 0 bridgehead atoms. The van der Waals surface area contributed by atoms with Crippen LogP contribution in [-0.4, -0.2) is 59.8 Å². The molecule has 0 fully saturated rings. The van der Waals surface area contributed by atoms with Crippen LogP contribution in [0.15, 0.2) is 34.8 Å². The molecule has 2 rings (SSSR count). The average Bonchev–Trinajstić information content (AvgIpc) is 2.81. The van der Waals surface area contributed by atoms with Crippen LogP contribution in [0.5, 0.6) is 11.5 Å². The number of ether oxygens (including phenoxy) is 2. The van der Waals surface area contributed by atoms with E-state index in [0.29, 0.717) is 32.4 Å². The van der Waals surface area contributed by atoms with Gasteiger partial charge in [0.15, 0.2) is 17.3 Å². The molecule has 0 spiro atoms. The van der Waals surface area contributed by atoms with Gasteiger partial charge in [0.05, 0.1) is 25.3 Å². The Balaban J connectivity index is 2.90. The van der Waals surface area contributed by atoms with Crippen LogP contribution in [0.4, 0.5) is 26.3 Å². The molecule has 0 aromatic heterocycles. The molecule has 0 saturated heterocycles. The van der Waals surface area contributed by atoms with Crippen molar-refractivity contribution in [3.05, 3.63) is 57.1 Å². The van der Waals surface area contributed by atoms with Crippen LogP contribution in [-0.2, 0) is 29.7 Å². The van der Waals surface area contributed by atoms with Crippen LogP contribution in [0.25, 0.3) is 0 Å². The van der Waals surface area contributed by atoms with Gasteiger partial charge in [0, 0.05) is 10.0 Å². The lowest BCUT2D eigenvalue weighted by Gasteiger charge is -2.17. The monoisotopic (exact) mass is 672 g/mol. The lowest BCUT2D eigenvalue weighted by molar-refractivity contribution is -0.0505. The summed E-state index contributed by atoms with van der Waals surface area (Å²) >= 11 is 2.89. The predicted molar refractivity (Wildman–Crippen MR) is 118 cm³/mol. The number of halogens is 7. The molecule has 0 aliphatic heterocycles. The Morgan fingerprint density at radius 1 is 0.692 bits per heavy atom. The molecule has 20 heteroatoms. The maximum Gasteiger partial charge on any atom is 0.534 e. The topological polar surface area (TPSA) is 156 Å². The summed E-state index contributed by atoms with van der Waals surface area (Å²) in [6.45, 7) is 0. The number of carbonyl (C=O) groups is 3. The minimum atomic E-state index is -6.44. The van der Waals surface area contributed by atoms with Crippen molar-refractivity contribution in [2.24, 2.45) is 0 Å². The van der Waals surface area contributed by atoms with E-state index in [0.717, 1.165) is 12.1 Å². The van der Waals surface area contributed by atoms with Crippen LogP contribution < -0.4 is 8.37 Å². The summed E-state index contributed by atoms with van der Waals surface area (Å²) in [5.74, 6) is -7.53. The van der Waals surface area contributed by atoms with Gasteiger partial charge in [0.2, 0.25) is 0 Å². The zero-order valence-corrected chi connectivity index (χ0v) is 22.1. The van der Waals surface area contributed by atoms with E-state index >= 15 is 0 Å². The SMILES string of the molecule is COC(=O)c1c(OS(=O)(=O)C(F)(F)F)ccc(C(=O)c2cc(Br)ccc2OS(=O)(=O)C(F)(F)F)c1C(=O)OC. The molecule has 11 nitrogen and oxygen atoms in total. The number of hydrogen-bond acceptors (Lipinski definition) is 11. The first kappa shape index (κ1) is 31.8. The van der Waals surface area contributed by atoms with E-state index in [9.17, 15) is 57.6 Å². The fourth-order valence-corrected chi connectivity index (χ4v) is 4.00. The van der Waals surface area contributed by atoms with Gasteiger partial charge >= 0.3 is 43.2 Å². The van der Waals surface area contributed by atoms with Gasteiger partial charge in [-0.1, -0.05) is 15.9 Å². The Hall–Kier alpha value is -3.39. The molecule has 2 aromatic carbocycles. The van der Waals surface area contributed by atoms with Crippen molar-refractivity contribution in [3.8, 4) is 11.5 Å². The highest BCUT2D eigenvalue weighted by atomic mass is 79.9. The molecule has 0 atom stereocenters.